The first-order valence-corrected chi connectivity index (χ1v) is 9.69. The highest BCUT2D eigenvalue weighted by molar-refractivity contribution is 6.10. The molecule has 2 aliphatic rings. The molecule has 2 atom stereocenters. The number of aromatic nitrogens is 1. The minimum absolute atomic E-state index is 0.0332. The highest BCUT2D eigenvalue weighted by Gasteiger charge is 2.39. The van der Waals surface area contributed by atoms with Crippen LogP contribution in [-0.4, -0.2) is 47.9 Å². The number of rotatable bonds is 4. The van der Waals surface area contributed by atoms with Crippen molar-refractivity contribution < 1.29 is 23.9 Å². The van der Waals surface area contributed by atoms with E-state index in [-0.39, 0.29) is 35.8 Å². The zero-order chi connectivity index (χ0) is 21.6. The van der Waals surface area contributed by atoms with E-state index in [1.54, 1.807) is 49.1 Å². The molecule has 9 nitrogen and oxygen atoms in total. The quantitative estimate of drug-likeness (QED) is 0.764. The van der Waals surface area contributed by atoms with Gasteiger partial charge in [0, 0.05) is 12.1 Å². The van der Waals surface area contributed by atoms with E-state index >= 15 is 0 Å². The molecular formula is C21H22N4O5. The Labute approximate surface area is 173 Å². The number of pyridine rings is 1. The number of anilines is 3. The molecule has 2 aromatic rings. The summed E-state index contributed by atoms with van der Waals surface area (Å²) >= 11 is 0. The molecular weight excluding hydrogens is 388 g/mol. The van der Waals surface area contributed by atoms with Gasteiger partial charge in [0.05, 0.1) is 11.7 Å². The number of hydrogen-bond acceptors (Lipinski definition) is 7. The number of Topliss-reactive ketones (excluding diaryl/α,β-unsaturated/α-hetero) is 1. The van der Waals surface area contributed by atoms with Crippen LogP contribution in [0.2, 0.25) is 0 Å². The number of amides is 2. The number of fused-ring (bicyclic) bond motifs is 2. The topological polar surface area (TPSA) is 115 Å². The maximum absolute atomic E-state index is 13.3. The predicted molar refractivity (Wildman–Crippen MR) is 110 cm³/mol. The third-order valence-corrected chi connectivity index (χ3v) is 5.25. The molecule has 1 aromatic heterocycles. The Hall–Kier alpha value is -3.62. The summed E-state index contributed by atoms with van der Waals surface area (Å²) in [5.41, 5.74) is 6.69. The minimum atomic E-state index is -0.856. The molecule has 30 heavy (non-hydrogen) atoms. The minimum Gasteiger partial charge on any atom is -0.482 e. The van der Waals surface area contributed by atoms with Gasteiger partial charge in [-0.15, -0.1) is 0 Å². The molecule has 9 heteroatoms. The number of ketones is 1. The Bertz CT molecular complexity index is 1050. The standard InChI is InChI=1S/C21H22N4O5/c1-4-24-14-9-13(5-6-15(14)29-10-18(24)26)19(27)11(2)25-20-16(7-8-17(22)23-20)30-12(3)21(25)28/h5-9,11-12H,4,10H2,1-3H3,(H2,22,23). The van der Waals surface area contributed by atoms with Crippen LogP contribution in [0.4, 0.5) is 17.3 Å². The molecule has 4 rings (SSSR count). The van der Waals surface area contributed by atoms with Crippen molar-refractivity contribution in [1.82, 2.24) is 4.98 Å². The SMILES string of the molecule is CCN1C(=O)COc2ccc(C(=O)C(C)N3C(=O)C(C)Oc4ccc(N)nc43)cc21. The first-order chi connectivity index (χ1) is 14.3. The van der Waals surface area contributed by atoms with Crippen molar-refractivity contribution in [2.75, 3.05) is 28.7 Å². The van der Waals surface area contributed by atoms with Gasteiger partial charge < -0.3 is 20.1 Å². The Morgan fingerprint density at radius 2 is 2.00 bits per heavy atom. The maximum atomic E-state index is 13.3. The lowest BCUT2D eigenvalue weighted by atomic mass is 10.0. The highest BCUT2D eigenvalue weighted by atomic mass is 16.5. The molecule has 0 fully saturated rings. The van der Waals surface area contributed by atoms with Crippen molar-refractivity contribution in [1.29, 1.82) is 0 Å². The lowest BCUT2D eigenvalue weighted by Gasteiger charge is -2.35. The monoisotopic (exact) mass is 410 g/mol. The number of ether oxygens (including phenoxy) is 2. The zero-order valence-electron chi connectivity index (χ0n) is 16.9. The van der Waals surface area contributed by atoms with Crippen LogP contribution in [0.5, 0.6) is 11.5 Å². The number of carbonyl (C=O) groups excluding carboxylic acids is 3. The summed E-state index contributed by atoms with van der Waals surface area (Å²) in [6, 6.07) is 7.26. The smallest absolute Gasteiger partial charge is 0.269 e. The third kappa shape index (κ3) is 3.12. The van der Waals surface area contributed by atoms with Gasteiger partial charge in [-0.05, 0) is 51.1 Å². The fourth-order valence-corrected chi connectivity index (χ4v) is 3.69. The molecule has 0 radical (unpaired) electrons. The van der Waals surface area contributed by atoms with Crippen molar-refractivity contribution in [3.05, 3.63) is 35.9 Å². The van der Waals surface area contributed by atoms with Crippen LogP contribution in [-0.2, 0) is 9.59 Å². The fourth-order valence-electron chi connectivity index (χ4n) is 3.69. The van der Waals surface area contributed by atoms with Crippen LogP contribution in [0, 0.1) is 0 Å². The molecule has 2 amide bonds. The van der Waals surface area contributed by atoms with Gasteiger partial charge in [0.1, 0.15) is 11.6 Å². The molecule has 156 valence electrons. The van der Waals surface area contributed by atoms with Crippen LogP contribution in [0.3, 0.4) is 0 Å². The van der Waals surface area contributed by atoms with Crippen LogP contribution < -0.4 is 25.0 Å². The summed E-state index contributed by atoms with van der Waals surface area (Å²) in [4.78, 5) is 45.4. The Morgan fingerprint density at radius 1 is 1.27 bits per heavy atom. The molecule has 2 unspecified atom stereocenters. The summed E-state index contributed by atoms with van der Waals surface area (Å²) < 4.78 is 11.1. The van der Waals surface area contributed by atoms with E-state index in [4.69, 9.17) is 15.2 Å². The fraction of sp³-hybridized carbons (Fsp3) is 0.333. The van der Waals surface area contributed by atoms with Crippen LogP contribution in [0.25, 0.3) is 0 Å². The van der Waals surface area contributed by atoms with E-state index in [9.17, 15) is 14.4 Å². The van der Waals surface area contributed by atoms with Gasteiger partial charge in [0.25, 0.3) is 11.8 Å². The van der Waals surface area contributed by atoms with Gasteiger partial charge in [0.15, 0.2) is 30.1 Å². The second kappa shape index (κ2) is 7.33. The van der Waals surface area contributed by atoms with E-state index in [0.717, 1.165) is 0 Å². The summed E-state index contributed by atoms with van der Waals surface area (Å²) in [5.74, 6) is 0.498. The number of nitrogens with two attached hydrogens (primary N) is 1. The van der Waals surface area contributed by atoms with Gasteiger partial charge in [-0.3, -0.25) is 19.3 Å². The third-order valence-electron chi connectivity index (χ3n) is 5.25. The van der Waals surface area contributed by atoms with E-state index in [0.29, 0.717) is 29.3 Å². The van der Waals surface area contributed by atoms with Crippen molar-refractivity contribution in [3.63, 3.8) is 0 Å². The highest BCUT2D eigenvalue weighted by Crippen LogP contribution is 2.36. The van der Waals surface area contributed by atoms with Gasteiger partial charge in [-0.1, -0.05) is 0 Å². The first kappa shape index (κ1) is 19.7. The Kier molecular flexibility index (Phi) is 4.81. The van der Waals surface area contributed by atoms with Gasteiger partial charge >= 0.3 is 0 Å². The average Bonchev–Trinajstić information content (AvgIpc) is 2.73. The lowest BCUT2D eigenvalue weighted by molar-refractivity contribution is -0.126. The van der Waals surface area contributed by atoms with Crippen LogP contribution >= 0.6 is 0 Å². The number of hydrogen-bond donors (Lipinski definition) is 1. The molecule has 3 heterocycles. The Morgan fingerprint density at radius 3 is 2.73 bits per heavy atom. The molecule has 0 spiro atoms. The Balaban J connectivity index is 1.71. The van der Waals surface area contributed by atoms with Crippen molar-refractivity contribution in [3.8, 4) is 11.5 Å². The molecule has 0 aliphatic carbocycles. The number of likely N-dealkylation sites (N-methyl/N-ethyl adjacent to an activating group) is 1. The van der Waals surface area contributed by atoms with E-state index in [2.05, 4.69) is 4.98 Å². The summed E-state index contributed by atoms with van der Waals surface area (Å²) in [6.07, 6.45) is -0.761. The molecule has 2 N–H and O–H groups in total. The number of nitrogen functional groups attached to an aromatic ring is 1. The van der Waals surface area contributed by atoms with Gasteiger partial charge in [0.2, 0.25) is 0 Å². The van der Waals surface area contributed by atoms with Crippen LogP contribution in [0.15, 0.2) is 30.3 Å². The lowest BCUT2D eigenvalue weighted by Crippen LogP contribution is -2.52. The predicted octanol–water partition coefficient (Wildman–Crippen LogP) is 1.79. The van der Waals surface area contributed by atoms with Crippen LogP contribution in [0.1, 0.15) is 31.1 Å². The normalized spacial score (nSPS) is 18.8. The average molecular weight is 410 g/mol. The van der Waals surface area contributed by atoms with Crippen molar-refractivity contribution in [2.24, 2.45) is 0 Å². The first-order valence-electron chi connectivity index (χ1n) is 9.69. The summed E-state index contributed by atoms with van der Waals surface area (Å²) in [5, 5.41) is 0. The van der Waals surface area contributed by atoms with Gasteiger partial charge in [-0.25, -0.2) is 4.98 Å². The van der Waals surface area contributed by atoms with E-state index in [1.165, 1.54) is 4.90 Å². The molecule has 0 saturated heterocycles. The largest absolute Gasteiger partial charge is 0.482 e. The summed E-state index contributed by atoms with van der Waals surface area (Å²) in [7, 11) is 0. The second-order valence-corrected chi connectivity index (χ2v) is 7.18. The van der Waals surface area contributed by atoms with Gasteiger partial charge in [-0.2, -0.15) is 0 Å². The molecule has 2 aliphatic heterocycles. The number of carbonyl (C=O) groups is 3. The van der Waals surface area contributed by atoms with Crippen molar-refractivity contribution in [2.45, 2.75) is 32.9 Å². The molecule has 0 saturated carbocycles. The van der Waals surface area contributed by atoms with E-state index < -0.39 is 12.1 Å². The number of benzene rings is 1. The van der Waals surface area contributed by atoms with Crippen molar-refractivity contribution >= 4 is 34.9 Å². The zero-order valence-corrected chi connectivity index (χ0v) is 16.9. The number of nitrogens with zero attached hydrogens (tertiary/aromatic N) is 3. The molecule has 0 bridgehead atoms. The van der Waals surface area contributed by atoms with E-state index in [1.807, 2.05) is 6.92 Å². The maximum Gasteiger partial charge on any atom is 0.269 e. The second-order valence-electron chi connectivity index (χ2n) is 7.18. The molecule has 1 aromatic carbocycles. The summed E-state index contributed by atoms with van der Waals surface area (Å²) in [6.45, 7) is 5.52.